The number of para-hydroxylation sites is 1. The predicted molar refractivity (Wildman–Crippen MR) is 117 cm³/mol. The summed E-state index contributed by atoms with van der Waals surface area (Å²) in [5, 5.41) is 17.0. The molecule has 2 aromatic carbocycles. The molecular formula is C23H32N4O2. The number of phenolic OH excluding ortho intramolecular Hbond substituents is 1. The number of aliphatic imine (C=N–C) groups is 1. The topological polar surface area (TPSA) is 69.1 Å². The number of ether oxygens (including phenoxy) is 1. The van der Waals surface area contributed by atoms with Crippen molar-refractivity contribution in [2.24, 2.45) is 4.99 Å². The lowest BCUT2D eigenvalue weighted by molar-refractivity contribution is 0.245. The highest BCUT2D eigenvalue weighted by Crippen LogP contribution is 2.29. The van der Waals surface area contributed by atoms with E-state index in [-0.39, 0.29) is 5.75 Å². The van der Waals surface area contributed by atoms with E-state index in [1.54, 1.807) is 13.2 Å². The van der Waals surface area contributed by atoms with Crippen LogP contribution < -0.4 is 15.4 Å². The summed E-state index contributed by atoms with van der Waals surface area (Å²) in [6, 6.07) is 16.6. The molecule has 1 heterocycles. The van der Waals surface area contributed by atoms with Crippen LogP contribution >= 0.6 is 0 Å². The average Bonchev–Trinajstić information content (AvgIpc) is 3.18. The third-order valence-corrected chi connectivity index (χ3v) is 5.29. The molecule has 0 bridgehead atoms. The molecule has 6 nitrogen and oxygen atoms in total. The molecule has 6 heteroatoms. The molecule has 1 unspecified atom stereocenters. The van der Waals surface area contributed by atoms with E-state index in [1.807, 2.05) is 12.1 Å². The van der Waals surface area contributed by atoms with Crippen LogP contribution in [0.15, 0.2) is 53.5 Å². The largest absolute Gasteiger partial charge is 0.504 e. The molecule has 2 aromatic rings. The van der Waals surface area contributed by atoms with Crippen LogP contribution in [0.25, 0.3) is 0 Å². The van der Waals surface area contributed by atoms with Crippen LogP contribution in [0.5, 0.6) is 11.5 Å². The summed E-state index contributed by atoms with van der Waals surface area (Å²) in [6.07, 6.45) is 2.42. The van der Waals surface area contributed by atoms with E-state index >= 15 is 0 Å². The summed E-state index contributed by atoms with van der Waals surface area (Å²) in [5.41, 5.74) is 2.10. The normalized spacial score (nSPS) is 17.3. The smallest absolute Gasteiger partial charge is 0.191 e. The van der Waals surface area contributed by atoms with Gasteiger partial charge in [0.25, 0.3) is 0 Å². The van der Waals surface area contributed by atoms with Gasteiger partial charge in [-0.25, -0.2) is 4.99 Å². The summed E-state index contributed by atoms with van der Waals surface area (Å²) >= 11 is 0. The van der Waals surface area contributed by atoms with Crippen molar-refractivity contribution in [1.29, 1.82) is 0 Å². The van der Waals surface area contributed by atoms with Gasteiger partial charge < -0.3 is 20.5 Å². The number of aromatic hydroxyl groups is 1. The minimum absolute atomic E-state index is 0.152. The first-order chi connectivity index (χ1) is 14.2. The Morgan fingerprint density at radius 3 is 2.76 bits per heavy atom. The molecule has 0 spiro atoms. The number of benzene rings is 2. The summed E-state index contributed by atoms with van der Waals surface area (Å²) < 4.78 is 5.18. The summed E-state index contributed by atoms with van der Waals surface area (Å²) in [5.74, 6) is 1.39. The van der Waals surface area contributed by atoms with E-state index < -0.39 is 0 Å². The first-order valence-electron chi connectivity index (χ1n) is 10.4. The molecule has 1 saturated heterocycles. The zero-order chi connectivity index (χ0) is 20.5. The fourth-order valence-corrected chi connectivity index (χ4v) is 3.73. The molecule has 1 fully saturated rings. The van der Waals surface area contributed by atoms with Gasteiger partial charge in [0.1, 0.15) is 0 Å². The molecule has 1 aliphatic heterocycles. The van der Waals surface area contributed by atoms with Crippen LogP contribution in [0.4, 0.5) is 0 Å². The lowest BCUT2D eigenvalue weighted by atomic mass is 10.2. The Hall–Kier alpha value is -2.73. The van der Waals surface area contributed by atoms with E-state index in [1.165, 1.54) is 18.4 Å². The monoisotopic (exact) mass is 396 g/mol. The number of guanidine groups is 1. The Balaban J connectivity index is 1.59. The quantitative estimate of drug-likeness (QED) is 0.472. The van der Waals surface area contributed by atoms with Gasteiger partial charge in [0, 0.05) is 31.2 Å². The van der Waals surface area contributed by atoms with Gasteiger partial charge in [-0.05, 0) is 37.9 Å². The molecule has 0 aromatic heterocycles. The molecule has 3 rings (SSSR count). The van der Waals surface area contributed by atoms with Gasteiger partial charge in [0.05, 0.1) is 13.7 Å². The molecular weight excluding hydrogens is 364 g/mol. The third-order valence-electron chi connectivity index (χ3n) is 5.29. The summed E-state index contributed by atoms with van der Waals surface area (Å²) in [4.78, 5) is 7.19. The minimum atomic E-state index is 0.152. The molecule has 0 aliphatic carbocycles. The maximum absolute atomic E-state index is 10.3. The van der Waals surface area contributed by atoms with Crippen molar-refractivity contribution < 1.29 is 9.84 Å². The second kappa shape index (κ2) is 10.7. The Kier molecular flexibility index (Phi) is 7.76. The van der Waals surface area contributed by atoms with Gasteiger partial charge in [0.2, 0.25) is 0 Å². The van der Waals surface area contributed by atoms with Crippen LogP contribution in [0.1, 0.15) is 30.9 Å². The Morgan fingerprint density at radius 2 is 2.00 bits per heavy atom. The highest BCUT2D eigenvalue weighted by atomic mass is 16.5. The van der Waals surface area contributed by atoms with Gasteiger partial charge in [-0.3, -0.25) is 4.90 Å². The molecule has 1 atom stereocenters. The number of hydrogen-bond donors (Lipinski definition) is 3. The minimum Gasteiger partial charge on any atom is -0.504 e. The third kappa shape index (κ3) is 5.87. The number of hydrogen-bond acceptors (Lipinski definition) is 4. The zero-order valence-electron chi connectivity index (χ0n) is 17.4. The molecule has 3 N–H and O–H groups in total. The second-order valence-corrected chi connectivity index (χ2v) is 7.30. The van der Waals surface area contributed by atoms with E-state index in [4.69, 9.17) is 4.74 Å². The van der Waals surface area contributed by atoms with Crippen molar-refractivity contribution >= 4 is 5.96 Å². The number of likely N-dealkylation sites (tertiary alicyclic amines) is 1. The van der Waals surface area contributed by atoms with E-state index in [9.17, 15) is 5.11 Å². The fourth-order valence-electron chi connectivity index (χ4n) is 3.73. The van der Waals surface area contributed by atoms with Gasteiger partial charge in [0.15, 0.2) is 17.5 Å². The Morgan fingerprint density at radius 1 is 1.17 bits per heavy atom. The molecule has 1 aliphatic rings. The Bertz CT molecular complexity index is 795. The van der Waals surface area contributed by atoms with Crippen molar-refractivity contribution in [3.63, 3.8) is 0 Å². The zero-order valence-corrected chi connectivity index (χ0v) is 17.4. The first kappa shape index (κ1) is 21.0. The predicted octanol–water partition coefficient (Wildman–Crippen LogP) is 3.12. The molecule has 0 radical (unpaired) electrons. The number of rotatable bonds is 8. The summed E-state index contributed by atoms with van der Waals surface area (Å²) in [6.45, 7) is 6.19. The van der Waals surface area contributed by atoms with Crippen molar-refractivity contribution in [3.05, 3.63) is 59.7 Å². The Labute approximate surface area is 173 Å². The van der Waals surface area contributed by atoms with E-state index in [0.29, 0.717) is 18.3 Å². The molecule has 0 amide bonds. The van der Waals surface area contributed by atoms with Crippen molar-refractivity contribution in [2.75, 3.05) is 26.7 Å². The van der Waals surface area contributed by atoms with Crippen LogP contribution in [0.2, 0.25) is 0 Å². The molecule has 29 heavy (non-hydrogen) atoms. The van der Waals surface area contributed by atoms with E-state index in [0.717, 1.165) is 37.7 Å². The first-order valence-corrected chi connectivity index (χ1v) is 10.4. The van der Waals surface area contributed by atoms with Crippen LogP contribution in [-0.4, -0.2) is 48.8 Å². The average molecular weight is 397 g/mol. The van der Waals surface area contributed by atoms with E-state index in [2.05, 4.69) is 57.8 Å². The number of nitrogens with zero attached hydrogens (tertiary/aromatic N) is 2. The second-order valence-electron chi connectivity index (χ2n) is 7.30. The lowest BCUT2D eigenvalue weighted by Crippen LogP contribution is -2.44. The molecule has 0 saturated carbocycles. The standard InChI is InChI=1S/C23H32N4O2/c1-3-24-23(25-15-19-11-7-13-21(29-2)22(19)28)26-16-20-12-8-14-27(20)17-18-9-5-4-6-10-18/h4-7,9-11,13,20,28H,3,8,12,14-17H2,1-2H3,(H2,24,25,26). The van der Waals surface area contributed by atoms with Crippen molar-refractivity contribution in [2.45, 2.75) is 38.9 Å². The van der Waals surface area contributed by atoms with Crippen molar-refractivity contribution in [3.8, 4) is 11.5 Å². The molecule has 156 valence electrons. The van der Waals surface area contributed by atoms with Crippen molar-refractivity contribution in [1.82, 2.24) is 15.5 Å². The maximum Gasteiger partial charge on any atom is 0.191 e. The lowest BCUT2D eigenvalue weighted by Gasteiger charge is -2.25. The van der Waals surface area contributed by atoms with Gasteiger partial charge in [-0.2, -0.15) is 0 Å². The highest BCUT2D eigenvalue weighted by molar-refractivity contribution is 5.79. The maximum atomic E-state index is 10.3. The van der Waals surface area contributed by atoms with Gasteiger partial charge >= 0.3 is 0 Å². The van der Waals surface area contributed by atoms with Crippen LogP contribution in [-0.2, 0) is 13.1 Å². The number of phenols is 1. The number of nitrogens with one attached hydrogen (secondary N) is 2. The SMILES string of the molecule is CCNC(=NCc1cccc(OC)c1O)NCC1CCCN1Cc1ccccc1. The highest BCUT2D eigenvalue weighted by Gasteiger charge is 2.24. The van der Waals surface area contributed by atoms with Gasteiger partial charge in [-0.1, -0.05) is 42.5 Å². The van der Waals surface area contributed by atoms with Crippen LogP contribution in [0.3, 0.4) is 0 Å². The van der Waals surface area contributed by atoms with Crippen LogP contribution in [0, 0.1) is 0 Å². The number of methoxy groups -OCH3 is 1. The van der Waals surface area contributed by atoms with Gasteiger partial charge in [-0.15, -0.1) is 0 Å². The fraction of sp³-hybridized carbons (Fsp3) is 0.435. The summed E-state index contributed by atoms with van der Waals surface area (Å²) in [7, 11) is 1.55.